The molecule has 0 aromatic carbocycles. The summed E-state index contributed by atoms with van der Waals surface area (Å²) in [6.45, 7) is 2.06. The van der Waals surface area contributed by atoms with Crippen molar-refractivity contribution < 1.29 is 5.11 Å². The molecule has 0 spiro atoms. The Balaban J connectivity index is 1.57. The lowest BCUT2D eigenvalue weighted by atomic mass is 9.97. The van der Waals surface area contributed by atoms with Gasteiger partial charge in [-0.25, -0.2) is 9.97 Å². The molecule has 0 atom stereocenters. The van der Waals surface area contributed by atoms with Gasteiger partial charge in [0.2, 0.25) is 0 Å². The molecule has 2 aliphatic rings. The van der Waals surface area contributed by atoms with E-state index in [1.54, 1.807) is 0 Å². The van der Waals surface area contributed by atoms with Crippen LogP contribution in [0.3, 0.4) is 0 Å². The predicted molar refractivity (Wildman–Crippen MR) is 98.2 cm³/mol. The summed E-state index contributed by atoms with van der Waals surface area (Å²) in [5, 5.41) is 10.1. The van der Waals surface area contributed by atoms with Gasteiger partial charge in [0.05, 0.1) is 11.9 Å². The Morgan fingerprint density at radius 1 is 1.17 bits per heavy atom. The van der Waals surface area contributed by atoms with E-state index in [0.717, 1.165) is 48.4 Å². The topological polar surface area (TPSA) is 75.3 Å². The number of aliphatic hydroxyl groups excluding tert-OH is 1. The van der Waals surface area contributed by atoms with Crippen LogP contribution in [-0.2, 0) is 19.4 Å². The van der Waals surface area contributed by atoms with Crippen molar-refractivity contribution in [3.63, 3.8) is 0 Å². The fourth-order valence-electron chi connectivity index (χ4n) is 3.74. The molecule has 2 heterocycles. The van der Waals surface area contributed by atoms with Gasteiger partial charge in [-0.3, -0.25) is 4.90 Å². The van der Waals surface area contributed by atoms with Crippen molar-refractivity contribution >= 4 is 27.4 Å². The molecule has 5 nitrogen and oxygen atoms in total. The number of anilines is 1. The summed E-state index contributed by atoms with van der Waals surface area (Å²) >= 11 is 1.82. The van der Waals surface area contributed by atoms with Crippen molar-refractivity contribution in [1.82, 2.24) is 14.9 Å². The fraction of sp³-hybridized carbons (Fsp3) is 0.667. The lowest BCUT2D eigenvalue weighted by molar-refractivity contribution is 0.225. The Bertz CT molecular complexity index is 725. The largest absolute Gasteiger partial charge is 0.396 e. The van der Waals surface area contributed by atoms with Gasteiger partial charge in [-0.05, 0) is 63.5 Å². The normalized spacial score (nSPS) is 17.6. The van der Waals surface area contributed by atoms with Gasteiger partial charge >= 0.3 is 0 Å². The highest BCUT2D eigenvalue weighted by Gasteiger charge is 2.29. The van der Waals surface area contributed by atoms with E-state index in [2.05, 4.69) is 9.88 Å². The number of hydrogen-bond acceptors (Lipinski definition) is 6. The number of aliphatic hydroxyl groups is 1. The summed E-state index contributed by atoms with van der Waals surface area (Å²) < 4.78 is 0. The molecule has 0 aliphatic heterocycles. The van der Waals surface area contributed by atoms with Crippen LogP contribution in [0, 0.1) is 0 Å². The molecule has 0 saturated heterocycles. The van der Waals surface area contributed by atoms with E-state index in [0.29, 0.717) is 11.9 Å². The van der Waals surface area contributed by atoms with Crippen molar-refractivity contribution in [2.75, 3.05) is 18.9 Å². The van der Waals surface area contributed by atoms with Crippen LogP contribution in [0.1, 0.15) is 54.8 Å². The second-order valence-electron chi connectivity index (χ2n) is 7.05. The van der Waals surface area contributed by atoms with Gasteiger partial charge in [0.15, 0.2) is 0 Å². The number of aryl methyl sites for hydroxylation is 2. The van der Waals surface area contributed by atoms with Crippen LogP contribution in [-0.4, -0.2) is 39.2 Å². The molecular weight excluding hydrogens is 320 g/mol. The van der Waals surface area contributed by atoms with E-state index in [4.69, 9.17) is 15.8 Å². The maximum absolute atomic E-state index is 9.00. The Kier molecular flexibility index (Phi) is 4.70. The van der Waals surface area contributed by atoms with E-state index in [1.807, 2.05) is 11.3 Å². The summed E-state index contributed by atoms with van der Waals surface area (Å²) in [4.78, 5) is 14.5. The first-order chi connectivity index (χ1) is 11.8. The first kappa shape index (κ1) is 16.2. The number of aromatic nitrogens is 2. The van der Waals surface area contributed by atoms with Gasteiger partial charge in [0, 0.05) is 17.5 Å². The monoisotopic (exact) mass is 346 g/mol. The fourth-order valence-corrected chi connectivity index (χ4v) is 5.03. The molecule has 4 rings (SSSR count). The van der Waals surface area contributed by atoms with Crippen LogP contribution < -0.4 is 5.73 Å². The summed E-state index contributed by atoms with van der Waals surface area (Å²) in [7, 11) is 0. The highest BCUT2D eigenvalue weighted by atomic mass is 32.1. The molecule has 0 radical (unpaired) electrons. The molecule has 1 fully saturated rings. The van der Waals surface area contributed by atoms with E-state index >= 15 is 0 Å². The molecule has 0 bridgehead atoms. The van der Waals surface area contributed by atoms with Crippen molar-refractivity contribution in [3.05, 3.63) is 16.3 Å². The zero-order chi connectivity index (χ0) is 16.5. The average Bonchev–Trinajstić information content (AvgIpc) is 3.34. The van der Waals surface area contributed by atoms with Crippen LogP contribution in [0.5, 0.6) is 0 Å². The molecule has 0 amide bonds. The van der Waals surface area contributed by atoms with Crippen LogP contribution in [0.25, 0.3) is 10.2 Å². The Hall–Kier alpha value is -1.24. The molecule has 130 valence electrons. The zero-order valence-corrected chi connectivity index (χ0v) is 14.9. The second kappa shape index (κ2) is 6.94. The highest BCUT2D eigenvalue weighted by Crippen LogP contribution is 2.38. The van der Waals surface area contributed by atoms with Gasteiger partial charge in [-0.15, -0.1) is 11.3 Å². The number of unbranched alkanes of at least 4 members (excludes halogenated alkanes) is 1. The van der Waals surface area contributed by atoms with E-state index < -0.39 is 0 Å². The molecule has 3 N–H and O–H groups in total. The van der Waals surface area contributed by atoms with E-state index in [-0.39, 0.29) is 6.61 Å². The number of fused-ring (bicyclic) bond motifs is 3. The third-order valence-corrected chi connectivity index (χ3v) is 6.34. The Morgan fingerprint density at radius 2 is 2.00 bits per heavy atom. The lowest BCUT2D eigenvalue weighted by Gasteiger charge is -2.21. The van der Waals surface area contributed by atoms with E-state index in [1.165, 1.54) is 42.5 Å². The smallest absolute Gasteiger partial charge is 0.146 e. The maximum atomic E-state index is 9.00. The molecular formula is C18H26N4OS. The number of nitrogens with two attached hydrogens (primary N) is 1. The standard InChI is InChI=1S/C18H26N4OS/c19-17-16-13-5-1-2-6-14(13)24-18(16)21-15(20-17)11-22(12-7-8-12)9-3-4-10-23/h12,23H,1-11H2,(H2,19,20,21). The summed E-state index contributed by atoms with van der Waals surface area (Å²) in [6, 6.07) is 0.667. The summed E-state index contributed by atoms with van der Waals surface area (Å²) in [5.74, 6) is 1.52. The van der Waals surface area contributed by atoms with Crippen molar-refractivity contribution in [2.24, 2.45) is 0 Å². The third-order valence-electron chi connectivity index (χ3n) is 5.15. The lowest BCUT2D eigenvalue weighted by Crippen LogP contribution is -2.28. The van der Waals surface area contributed by atoms with Crippen LogP contribution in [0.15, 0.2) is 0 Å². The predicted octanol–water partition coefficient (Wildman–Crippen LogP) is 2.89. The first-order valence-corrected chi connectivity index (χ1v) is 9.99. The molecule has 2 aromatic heterocycles. The number of nitrogen functional groups attached to an aromatic ring is 1. The highest BCUT2D eigenvalue weighted by molar-refractivity contribution is 7.19. The van der Waals surface area contributed by atoms with Crippen LogP contribution in [0.2, 0.25) is 0 Å². The van der Waals surface area contributed by atoms with Gasteiger partial charge in [0.25, 0.3) is 0 Å². The van der Waals surface area contributed by atoms with Crippen molar-refractivity contribution in [3.8, 4) is 0 Å². The molecule has 6 heteroatoms. The summed E-state index contributed by atoms with van der Waals surface area (Å²) in [6.07, 6.45) is 9.24. The van der Waals surface area contributed by atoms with Crippen molar-refractivity contribution in [1.29, 1.82) is 0 Å². The SMILES string of the molecule is Nc1nc(CN(CCCCO)C2CC2)nc2sc3c(c12)CCCC3. The number of thiophene rings is 1. The minimum Gasteiger partial charge on any atom is -0.396 e. The maximum Gasteiger partial charge on any atom is 0.146 e. The number of nitrogens with zero attached hydrogens (tertiary/aromatic N) is 3. The van der Waals surface area contributed by atoms with Crippen LogP contribution >= 0.6 is 11.3 Å². The Labute approximate surface area is 146 Å². The third kappa shape index (κ3) is 3.27. The van der Waals surface area contributed by atoms with Gasteiger partial charge < -0.3 is 10.8 Å². The number of rotatable bonds is 7. The summed E-state index contributed by atoms with van der Waals surface area (Å²) in [5.41, 5.74) is 7.73. The zero-order valence-electron chi connectivity index (χ0n) is 14.1. The van der Waals surface area contributed by atoms with E-state index in [9.17, 15) is 0 Å². The molecule has 2 aromatic rings. The molecule has 2 aliphatic carbocycles. The quantitative estimate of drug-likeness (QED) is 0.754. The molecule has 1 saturated carbocycles. The van der Waals surface area contributed by atoms with Gasteiger partial charge in [-0.1, -0.05) is 0 Å². The molecule has 24 heavy (non-hydrogen) atoms. The minimum absolute atomic E-state index is 0.272. The Morgan fingerprint density at radius 3 is 2.79 bits per heavy atom. The second-order valence-corrected chi connectivity index (χ2v) is 8.13. The minimum atomic E-state index is 0.272. The average molecular weight is 347 g/mol. The molecule has 0 unspecified atom stereocenters. The number of hydrogen-bond donors (Lipinski definition) is 2. The van der Waals surface area contributed by atoms with Crippen molar-refractivity contribution in [2.45, 2.75) is 64.0 Å². The van der Waals surface area contributed by atoms with Gasteiger partial charge in [0.1, 0.15) is 16.5 Å². The van der Waals surface area contributed by atoms with Gasteiger partial charge in [-0.2, -0.15) is 0 Å². The first-order valence-electron chi connectivity index (χ1n) is 9.18. The van der Waals surface area contributed by atoms with Crippen LogP contribution in [0.4, 0.5) is 5.82 Å².